The van der Waals surface area contributed by atoms with Crippen molar-refractivity contribution in [3.8, 4) is 16.9 Å². The summed E-state index contributed by atoms with van der Waals surface area (Å²) < 4.78 is 17.2. The van der Waals surface area contributed by atoms with Gasteiger partial charge in [-0.3, -0.25) is 14.9 Å². The van der Waals surface area contributed by atoms with Crippen LogP contribution in [0.4, 0.5) is 9.52 Å². The first kappa shape index (κ1) is 21.5. The zero-order chi connectivity index (χ0) is 24.1. The number of nitrogens with zero attached hydrogens (tertiary/aromatic N) is 4. The van der Waals surface area contributed by atoms with Crippen molar-refractivity contribution in [3.63, 3.8) is 0 Å². The Kier molecular flexibility index (Phi) is 5.10. The number of nitrogens with one attached hydrogen (secondary N) is 1. The summed E-state index contributed by atoms with van der Waals surface area (Å²) in [5.74, 6) is -1.29. The summed E-state index contributed by atoms with van der Waals surface area (Å²) in [5.41, 5.74) is 3.08. The zero-order valence-corrected chi connectivity index (χ0v) is 19.3. The third-order valence-corrected chi connectivity index (χ3v) is 7.18. The topological polar surface area (TPSA) is 100 Å². The fourth-order valence-electron chi connectivity index (χ4n) is 4.82. The van der Waals surface area contributed by atoms with E-state index < -0.39 is 23.7 Å². The number of aromatic hydroxyl groups is 1. The Morgan fingerprint density at radius 2 is 2.00 bits per heavy atom. The number of anilines is 1. The number of amides is 2. The van der Waals surface area contributed by atoms with Crippen LogP contribution in [-0.4, -0.2) is 36.4 Å². The molecule has 2 aromatic carbocycles. The van der Waals surface area contributed by atoms with Gasteiger partial charge in [0.15, 0.2) is 11.2 Å². The van der Waals surface area contributed by atoms with Gasteiger partial charge in [0.1, 0.15) is 11.6 Å². The van der Waals surface area contributed by atoms with Crippen LogP contribution in [0.15, 0.2) is 54.3 Å². The van der Waals surface area contributed by atoms with Crippen LogP contribution in [0, 0.1) is 5.82 Å². The highest BCUT2D eigenvalue weighted by Gasteiger charge is 2.42. The first-order valence-corrected chi connectivity index (χ1v) is 12.0. The molecular formula is C25H20FN5O3S. The van der Waals surface area contributed by atoms with Gasteiger partial charge in [-0.1, -0.05) is 12.1 Å². The minimum atomic E-state index is -1.02. The number of hydrogen-bond acceptors (Lipinski definition) is 6. The molecule has 6 rings (SSSR count). The summed E-state index contributed by atoms with van der Waals surface area (Å²) in [4.78, 5) is 37.1. The Bertz CT molecular complexity index is 1450. The highest BCUT2D eigenvalue weighted by molar-refractivity contribution is 7.13. The minimum Gasteiger partial charge on any atom is -0.508 e. The van der Waals surface area contributed by atoms with E-state index in [-0.39, 0.29) is 23.4 Å². The minimum absolute atomic E-state index is 0.0435. The van der Waals surface area contributed by atoms with E-state index in [1.165, 1.54) is 34.4 Å². The van der Waals surface area contributed by atoms with Gasteiger partial charge in [0.2, 0.25) is 0 Å². The summed E-state index contributed by atoms with van der Waals surface area (Å²) in [7, 11) is 0. The average Bonchev–Trinajstić information content (AvgIpc) is 3.63. The molecule has 4 aromatic rings. The van der Waals surface area contributed by atoms with Gasteiger partial charge >= 0.3 is 0 Å². The monoisotopic (exact) mass is 489 g/mol. The smallest absolute Gasteiger partial charge is 0.255 e. The number of aryl methyl sites for hydroxylation is 1. The summed E-state index contributed by atoms with van der Waals surface area (Å²) in [6.07, 6.45) is 4.97. The predicted molar refractivity (Wildman–Crippen MR) is 127 cm³/mol. The molecule has 2 aliphatic heterocycles. The summed E-state index contributed by atoms with van der Waals surface area (Å²) in [6, 6.07) is 8.32. The molecule has 0 aliphatic carbocycles. The molecule has 0 fully saturated rings. The second-order valence-electron chi connectivity index (χ2n) is 8.57. The number of rotatable bonds is 5. The first-order chi connectivity index (χ1) is 17.0. The third kappa shape index (κ3) is 3.66. The van der Waals surface area contributed by atoms with Crippen LogP contribution in [0.2, 0.25) is 0 Å². The Morgan fingerprint density at radius 1 is 1.17 bits per heavy atom. The lowest BCUT2D eigenvalue weighted by Crippen LogP contribution is -2.38. The number of imidazole rings is 1. The summed E-state index contributed by atoms with van der Waals surface area (Å²) in [5, 5.41) is 14.5. The Labute approximate surface area is 203 Å². The Morgan fingerprint density at radius 3 is 2.77 bits per heavy atom. The summed E-state index contributed by atoms with van der Waals surface area (Å²) in [6.45, 7) is 0.764. The van der Waals surface area contributed by atoms with E-state index in [9.17, 15) is 14.7 Å². The fourth-order valence-corrected chi connectivity index (χ4v) is 5.35. The van der Waals surface area contributed by atoms with Crippen LogP contribution in [0.3, 0.4) is 0 Å². The van der Waals surface area contributed by atoms with Gasteiger partial charge in [0.05, 0.1) is 18.6 Å². The van der Waals surface area contributed by atoms with Gasteiger partial charge < -0.3 is 14.6 Å². The molecule has 2 amide bonds. The van der Waals surface area contributed by atoms with Crippen molar-refractivity contribution in [2.45, 2.75) is 32.0 Å². The molecule has 1 atom stereocenters. The second-order valence-corrected chi connectivity index (χ2v) is 9.46. The van der Waals surface area contributed by atoms with Crippen molar-refractivity contribution in [2.24, 2.45) is 0 Å². The number of phenolic OH excluding ortho intramolecular Hbond substituents is 1. The van der Waals surface area contributed by atoms with Crippen molar-refractivity contribution in [3.05, 3.63) is 82.6 Å². The standard InChI is InChI=1S/C25H20FN5O3S/c26-19-11-15(14-3-5-16(32)6-4-14)10-17-18(19)12-31(24(17)34)22(23(33)29-25-27-7-9-35-25)21-20-2-1-8-30(20)13-28-21/h3-7,9-11,13,22,32H,1-2,8,12H2,(H,27,29,33). The maximum Gasteiger partial charge on any atom is 0.255 e. The van der Waals surface area contributed by atoms with Gasteiger partial charge in [-0.05, 0) is 48.2 Å². The van der Waals surface area contributed by atoms with Crippen molar-refractivity contribution < 1.29 is 19.1 Å². The van der Waals surface area contributed by atoms with Crippen LogP contribution < -0.4 is 5.32 Å². The van der Waals surface area contributed by atoms with E-state index in [1.807, 2.05) is 4.57 Å². The number of halogens is 1. The van der Waals surface area contributed by atoms with Crippen LogP contribution >= 0.6 is 11.3 Å². The van der Waals surface area contributed by atoms with E-state index >= 15 is 4.39 Å². The van der Waals surface area contributed by atoms with Gasteiger partial charge in [-0.15, -0.1) is 11.3 Å². The van der Waals surface area contributed by atoms with Crippen LogP contribution in [0.5, 0.6) is 5.75 Å². The number of carbonyl (C=O) groups excluding carboxylic acids is 2. The van der Waals surface area contributed by atoms with Crippen molar-refractivity contribution >= 4 is 28.3 Å². The number of benzene rings is 2. The SMILES string of the molecule is O=C(Nc1nccs1)C(c1ncn2c1CCC2)N1Cc2c(F)cc(-c3ccc(O)cc3)cc2C1=O. The van der Waals surface area contributed by atoms with Gasteiger partial charge in [-0.2, -0.15) is 0 Å². The maximum absolute atomic E-state index is 15.2. The molecule has 176 valence electrons. The van der Waals surface area contributed by atoms with E-state index in [0.29, 0.717) is 22.0 Å². The number of phenols is 1. The number of fused-ring (bicyclic) bond motifs is 2. The molecule has 4 heterocycles. The molecule has 0 spiro atoms. The molecule has 1 unspecified atom stereocenters. The molecule has 0 saturated carbocycles. The molecule has 2 N–H and O–H groups in total. The molecule has 0 bridgehead atoms. The number of carbonyl (C=O) groups is 2. The molecule has 8 nitrogen and oxygen atoms in total. The number of aromatic nitrogens is 3. The lowest BCUT2D eigenvalue weighted by molar-refractivity contribution is -0.121. The molecule has 35 heavy (non-hydrogen) atoms. The van der Waals surface area contributed by atoms with Crippen LogP contribution in [0.25, 0.3) is 11.1 Å². The molecule has 0 saturated heterocycles. The van der Waals surface area contributed by atoms with E-state index in [1.54, 1.807) is 36.1 Å². The molecule has 2 aromatic heterocycles. The molecular weight excluding hydrogens is 469 g/mol. The number of thiazole rings is 1. The third-order valence-electron chi connectivity index (χ3n) is 6.49. The predicted octanol–water partition coefficient (Wildman–Crippen LogP) is 4.13. The fraction of sp³-hybridized carbons (Fsp3) is 0.200. The van der Waals surface area contributed by atoms with Gasteiger partial charge in [0.25, 0.3) is 11.8 Å². The van der Waals surface area contributed by atoms with Crippen LogP contribution in [-0.2, 0) is 24.3 Å². The molecule has 2 aliphatic rings. The van der Waals surface area contributed by atoms with Gasteiger partial charge in [-0.25, -0.2) is 14.4 Å². The van der Waals surface area contributed by atoms with E-state index in [2.05, 4.69) is 15.3 Å². The Hall–Kier alpha value is -4.05. The zero-order valence-electron chi connectivity index (χ0n) is 18.4. The lowest BCUT2D eigenvalue weighted by atomic mass is 10.00. The Balaban J connectivity index is 1.39. The van der Waals surface area contributed by atoms with Crippen LogP contribution in [0.1, 0.15) is 39.8 Å². The quantitative estimate of drug-likeness (QED) is 0.439. The average molecular weight is 490 g/mol. The highest BCUT2D eigenvalue weighted by atomic mass is 32.1. The maximum atomic E-state index is 15.2. The van der Waals surface area contributed by atoms with E-state index in [0.717, 1.165) is 25.1 Å². The van der Waals surface area contributed by atoms with Gasteiger partial charge in [0, 0.05) is 34.9 Å². The normalized spacial score (nSPS) is 15.2. The molecule has 10 heteroatoms. The van der Waals surface area contributed by atoms with Crippen molar-refractivity contribution in [1.82, 2.24) is 19.4 Å². The number of hydrogen-bond donors (Lipinski definition) is 2. The van der Waals surface area contributed by atoms with Crippen molar-refractivity contribution in [2.75, 3.05) is 5.32 Å². The first-order valence-electron chi connectivity index (χ1n) is 11.2. The highest BCUT2D eigenvalue weighted by Crippen LogP contribution is 2.38. The second kappa shape index (κ2) is 8.31. The lowest BCUT2D eigenvalue weighted by Gasteiger charge is -2.26. The van der Waals surface area contributed by atoms with Crippen molar-refractivity contribution in [1.29, 1.82) is 0 Å². The summed E-state index contributed by atoms with van der Waals surface area (Å²) >= 11 is 1.28. The molecule has 0 radical (unpaired) electrons. The van der Waals surface area contributed by atoms with E-state index in [4.69, 9.17) is 0 Å². The largest absolute Gasteiger partial charge is 0.508 e.